The molecule has 2 unspecified atom stereocenters. The number of halogens is 3. The smallest absolute Gasteiger partial charge is 0.392 e. The zero-order valence-electron chi connectivity index (χ0n) is 11.2. The molecule has 1 N–H and O–H groups in total. The molecule has 0 aromatic carbocycles. The van der Waals surface area contributed by atoms with Gasteiger partial charge in [0.2, 0.25) is 5.91 Å². The normalized spacial score (nSPS) is 24.3. The number of carbonyl (C=O) groups excluding carboxylic acids is 1. The van der Waals surface area contributed by atoms with E-state index >= 15 is 0 Å². The molecule has 0 bridgehead atoms. The maximum atomic E-state index is 13.0. The van der Waals surface area contributed by atoms with Crippen molar-refractivity contribution in [2.45, 2.75) is 45.2 Å². The molecule has 2 atom stereocenters. The van der Waals surface area contributed by atoms with Crippen molar-refractivity contribution in [3.8, 4) is 0 Å². The lowest BCUT2D eigenvalue weighted by molar-refractivity contribution is -0.201. The molecule has 0 aromatic heterocycles. The van der Waals surface area contributed by atoms with E-state index in [9.17, 15) is 18.0 Å². The van der Waals surface area contributed by atoms with Crippen molar-refractivity contribution < 1.29 is 23.1 Å². The fraction of sp³-hybridized carbons (Fsp3) is 0.923. The van der Waals surface area contributed by atoms with Crippen molar-refractivity contribution in [1.29, 1.82) is 0 Å². The standard InChI is InChI=1S/C13H22F3NO2/c1-2-7-17(8-9-18)12(19)10-5-3-4-6-11(10)13(14,15)16/h10-11,18H,2-9H2,1H3. The summed E-state index contributed by atoms with van der Waals surface area (Å²) >= 11 is 0. The molecule has 6 heteroatoms. The monoisotopic (exact) mass is 281 g/mol. The maximum absolute atomic E-state index is 13.0. The van der Waals surface area contributed by atoms with E-state index in [1.165, 1.54) is 4.90 Å². The van der Waals surface area contributed by atoms with E-state index in [2.05, 4.69) is 0 Å². The summed E-state index contributed by atoms with van der Waals surface area (Å²) in [5.41, 5.74) is 0. The van der Waals surface area contributed by atoms with Crippen LogP contribution in [0.25, 0.3) is 0 Å². The van der Waals surface area contributed by atoms with E-state index in [1.54, 1.807) is 0 Å². The minimum absolute atomic E-state index is 0.0407. The van der Waals surface area contributed by atoms with Gasteiger partial charge in [-0.2, -0.15) is 13.2 Å². The number of aliphatic hydroxyl groups excluding tert-OH is 1. The summed E-state index contributed by atoms with van der Waals surface area (Å²) in [6.07, 6.45) is -2.09. The molecule has 0 spiro atoms. The third kappa shape index (κ3) is 4.37. The van der Waals surface area contributed by atoms with Gasteiger partial charge in [0.15, 0.2) is 0 Å². The van der Waals surface area contributed by atoms with Gasteiger partial charge in [-0.25, -0.2) is 0 Å². The van der Waals surface area contributed by atoms with Crippen molar-refractivity contribution in [1.82, 2.24) is 4.90 Å². The zero-order valence-corrected chi connectivity index (χ0v) is 11.2. The van der Waals surface area contributed by atoms with Gasteiger partial charge < -0.3 is 10.0 Å². The van der Waals surface area contributed by atoms with Crippen molar-refractivity contribution in [2.75, 3.05) is 19.7 Å². The van der Waals surface area contributed by atoms with Crippen LogP contribution in [0.5, 0.6) is 0 Å². The van der Waals surface area contributed by atoms with Crippen LogP contribution in [0.4, 0.5) is 13.2 Å². The average molecular weight is 281 g/mol. The van der Waals surface area contributed by atoms with E-state index in [-0.39, 0.29) is 19.6 Å². The number of aliphatic hydroxyl groups is 1. The van der Waals surface area contributed by atoms with Crippen molar-refractivity contribution in [2.24, 2.45) is 11.8 Å². The lowest BCUT2D eigenvalue weighted by Crippen LogP contribution is -2.45. The van der Waals surface area contributed by atoms with Crippen LogP contribution in [-0.4, -0.2) is 41.8 Å². The zero-order chi connectivity index (χ0) is 14.5. The van der Waals surface area contributed by atoms with E-state index in [1.807, 2.05) is 6.92 Å². The fourth-order valence-electron chi connectivity index (χ4n) is 2.78. The van der Waals surface area contributed by atoms with Crippen LogP contribution in [0.3, 0.4) is 0 Å². The highest BCUT2D eigenvalue weighted by molar-refractivity contribution is 5.79. The van der Waals surface area contributed by atoms with Gasteiger partial charge in [0.1, 0.15) is 0 Å². The van der Waals surface area contributed by atoms with Crippen LogP contribution in [0.15, 0.2) is 0 Å². The lowest BCUT2D eigenvalue weighted by Gasteiger charge is -2.35. The first-order valence-electron chi connectivity index (χ1n) is 6.88. The molecule has 1 amide bonds. The van der Waals surface area contributed by atoms with Crippen LogP contribution in [-0.2, 0) is 4.79 Å². The van der Waals surface area contributed by atoms with Gasteiger partial charge in [-0.15, -0.1) is 0 Å². The van der Waals surface area contributed by atoms with Crippen LogP contribution < -0.4 is 0 Å². The quantitative estimate of drug-likeness (QED) is 0.841. The van der Waals surface area contributed by atoms with Gasteiger partial charge in [-0.05, 0) is 19.3 Å². The second-order valence-corrected chi connectivity index (χ2v) is 5.09. The van der Waals surface area contributed by atoms with Crippen LogP contribution >= 0.6 is 0 Å². The van der Waals surface area contributed by atoms with Crippen LogP contribution in [0, 0.1) is 11.8 Å². The summed E-state index contributed by atoms with van der Waals surface area (Å²) in [6, 6.07) is 0. The Morgan fingerprint density at radius 3 is 2.42 bits per heavy atom. The number of alkyl halides is 3. The Balaban J connectivity index is 2.80. The molecule has 0 radical (unpaired) electrons. The SMILES string of the molecule is CCCN(CCO)C(=O)C1CCCCC1C(F)(F)F. The van der Waals surface area contributed by atoms with E-state index in [0.29, 0.717) is 32.2 Å². The van der Waals surface area contributed by atoms with Gasteiger partial charge in [0.25, 0.3) is 0 Å². The van der Waals surface area contributed by atoms with Crippen LogP contribution in [0.1, 0.15) is 39.0 Å². The second kappa shape index (κ2) is 7.12. The van der Waals surface area contributed by atoms with Gasteiger partial charge in [-0.1, -0.05) is 19.8 Å². The number of hydrogen-bond acceptors (Lipinski definition) is 2. The number of carbonyl (C=O) groups is 1. The molecular weight excluding hydrogens is 259 g/mol. The Bertz CT molecular complexity index is 288. The molecule has 0 aromatic rings. The third-order valence-electron chi connectivity index (χ3n) is 3.68. The van der Waals surface area contributed by atoms with Gasteiger partial charge in [0.05, 0.1) is 12.5 Å². The Morgan fingerprint density at radius 2 is 1.89 bits per heavy atom. The fourth-order valence-corrected chi connectivity index (χ4v) is 2.78. The molecule has 0 heterocycles. The number of nitrogens with zero attached hydrogens (tertiary/aromatic N) is 1. The Morgan fingerprint density at radius 1 is 1.26 bits per heavy atom. The van der Waals surface area contributed by atoms with Gasteiger partial charge >= 0.3 is 6.18 Å². The topological polar surface area (TPSA) is 40.5 Å². The van der Waals surface area contributed by atoms with E-state index in [0.717, 1.165) is 0 Å². The molecule has 3 nitrogen and oxygen atoms in total. The Kier molecular flexibility index (Phi) is 6.10. The second-order valence-electron chi connectivity index (χ2n) is 5.09. The predicted octanol–water partition coefficient (Wildman–Crippen LogP) is 2.59. The van der Waals surface area contributed by atoms with Gasteiger partial charge in [0, 0.05) is 19.0 Å². The summed E-state index contributed by atoms with van der Waals surface area (Å²) in [5.74, 6) is -2.93. The van der Waals surface area contributed by atoms with Crippen molar-refractivity contribution in [3.63, 3.8) is 0 Å². The third-order valence-corrected chi connectivity index (χ3v) is 3.68. The first-order chi connectivity index (χ1) is 8.91. The first-order valence-corrected chi connectivity index (χ1v) is 6.88. The summed E-state index contributed by atoms with van der Waals surface area (Å²) in [5, 5.41) is 8.92. The van der Waals surface area contributed by atoms with Gasteiger partial charge in [-0.3, -0.25) is 4.79 Å². The molecule has 1 fully saturated rings. The highest BCUT2D eigenvalue weighted by Gasteiger charge is 2.48. The largest absolute Gasteiger partial charge is 0.395 e. The molecule has 0 saturated heterocycles. The summed E-state index contributed by atoms with van der Waals surface area (Å²) in [4.78, 5) is 13.6. The molecule has 112 valence electrons. The molecule has 1 aliphatic rings. The lowest BCUT2D eigenvalue weighted by atomic mass is 9.78. The maximum Gasteiger partial charge on any atom is 0.392 e. The van der Waals surface area contributed by atoms with E-state index < -0.39 is 23.9 Å². The molecule has 1 aliphatic carbocycles. The summed E-state index contributed by atoms with van der Waals surface area (Å²) in [7, 11) is 0. The molecule has 0 aliphatic heterocycles. The molecule has 19 heavy (non-hydrogen) atoms. The Hall–Kier alpha value is -0.780. The number of rotatable bonds is 5. The highest BCUT2D eigenvalue weighted by atomic mass is 19.4. The van der Waals surface area contributed by atoms with Crippen molar-refractivity contribution in [3.05, 3.63) is 0 Å². The summed E-state index contributed by atoms with van der Waals surface area (Å²) < 4.78 is 38.9. The van der Waals surface area contributed by atoms with Crippen LogP contribution in [0.2, 0.25) is 0 Å². The number of hydrogen-bond donors (Lipinski definition) is 1. The predicted molar refractivity (Wildman–Crippen MR) is 65.5 cm³/mol. The Labute approximate surface area is 111 Å². The highest BCUT2D eigenvalue weighted by Crippen LogP contribution is 2.42. The minimum Gasteiger partial charge on any atom is -0.395 e. The molecular formula is C13H22F3NO2. The molecule has 1 saturated carbocycles. The number of amides is 1. The van der Waals surface area contributed by atoms with Crippen molar-refractivity contribution >= 4 is 5.91 Å². The first kappa shape index (κ1) is 16.3. The summed E-state index contributed by atoms with van der Waals surface area (Å²) in [6.45, 7) is 2.17. The minimum atomic E-state index is -4.31. The average Bonchev–Trinajstić information content (AvgIpc) is 2.37. The van der Waals surface area contributed by atoms with E-state index in [4.69, 9.17) is 5.11 Å². The molecule has 1 rings (SSSR count).